The quantitative estimate of drug-likeness (QED) is 0.586. The van der Waals surface area contributed by atoms with Crippen molar-refractivity contribution in [1.82, 2.24) is 9.97 Å². The molecule has 0 fully saturated rings. The topological polar surface area (TPSA) is 94.1 Å². The molecule has 0 unspecified atom stereocenters. The van der Waals surface area contributed by atoms with Crippen LogP contribution in [0.5, 0.6) is 0 Å². The summed E-state index contributed by atoms with van der Waals surface area (Å²) in [5.74, 6) is 0.503. The Hall–Kier alpha value is -2.96. The third-order valence-corrected chi connectivity index (χ3v) is 3.15. The molecule has 0 aliphatic heterocycles. The van der Waals surface area contributed by atoms with Crippen LogP contribution in [-0.2, 0) is 0 Å². The van der Waals surface area contributed by atoms with E-state index < -0.39 is 4.92 Å². The first-order chi connectivity index (χ1) is 10.1. The van der Waals surface area contributed by atoms with E-state index in [0.717, 1.165) is 10.9 Å². The van der Waals surface area contributed by atoms with E-state index in [1.165, 1.54) is 6.33 Å². The number of aromatic nitrogens is 2. The van der Waals surface area contributed by atoms with Gasteiger partial charge in [-0.2, -0.15) is 0 Å². The van der Waals surface area contributed by atoms with Gasteiger partial charge < -0.3 is 9.73 Å². The average molecular weight is 284 g/mol. The van der Waals surface area contributed by atoms with Crippen LogP contribution in [0.3, 0.4) is 0 Å². The number of hydrogen-bond acceptors (Lipinski definition) is 6. The minimum Gasteiger partial charge on any atom is -0.454 e. The van der Waals surface area contributed by atoms with Gasteiger partial charge in [-0.15, -0.1) is 0 Å². The van der Waals surface area contributed by atoms with Gasteiger partial charge in [-0.3, -0.25) is 10.1 Å². The van der Waals surface area contributed by atoms with Crippen molar-refractivity contribution < 1.29 is 9.34 Å². The van der Waals surface area contributed by atoms with E-state index in [2.05, 4.69) is 15.3 Å². The number of nitro groups is 1. The van der Waals surface area contributed by atoms with Gasteiger partial charge in [0.25, 0.3) is 0 Å². The van der Waals surface area contributed by atoms with Gasteiger partial charge in [0.1, 0.15) is 11.9 Å². The Kier molecular flexibility index (Phi) is 3.02. The maximum atomic E-state index is 11.3. The molecule has 106 valence electrons. The van der Waals surface area contributed by atoms with Crippen LogP contribution in [0.2, 0.25) is 0 Å². The lowest BCUT2D eigenvalue weighted by Crippen LogP contribution is -2.02. The summed E-state index contributed by atoms with van der Waals surface area (Å²) in [5.41, 5.74) is 1.71. The molecule has 3 rings (SSSR count). The zero-order valence-corrected chi connectivity index (χ0v) is 11.5. The van der Waals surface area contributed by atoms with Crippen LogP contribution in [-0.4, -0.2) is 21.9 Å². The number of aryl methyl sites for hydroxylation is 1. The second-order valence-electron chi connectivity index (χ2n) is 4.58. The molecule has 7 nitrogen and oxygen atoms in total. The Morgan fingerprint density at radius 1 is 1.29 bits per heavy atom. The summed E-state index contributed by atoms with van der Waals surface area (Å²) in [6.45, 7) is 1.97. The second kappa shape index (κ2) is 4.86. The summed E-state index contributed by atoms with van der Waals surface area (Å²) < 4.78 is 5.68. The van der Waals surface area contributed by atoms with Crippen molar-refractivity contribution in [3.63, 3.8) is 0 Å². The number of nitrogens with one attached hydrogen (secondary N) is 1. The number of benzene rings is 1. The average Bonchev–Trinajstić information content (AvgIpc) is 2.89. The summed E-state index contributed by atoms with van der Waals surface area (Å²) in [7, 11) is 1.57. The van der Waals surface area contributed by atoms with Crippen LogP contribution in [0.25, 0.3) is 22.4 Å². The van der Waals surface area contributed by atoms with Crippen LogP contribution < -0.4 is 5.32 Å². The number of anilines is 1. The normalized spacial score (nSPS) is 10.8. The van der Waals surface area contributed by atoms with Crippen molar-refractivity contribution in [3.05, 3.63) is 46.3 Å². The summed E-state index contributed by atoms with van der Waals surface area (Å²) in [5, 5.41) is 14.9. The molecule has 1 N–H and O–H groups in total. The van der Waals surface area contributed by atoms with Crippen LogP contribution >= 0.6 is 0 Å². The molecular weight excluding hydrogens is 272 g/mol. The summed E-state index contributed by atoms with van der Waals surface area (Å²) >= 11 is 0. The van der Waals surface area contributed by atoms with Crippen LogP contribution in [0, 0.1) is 17.0 Å². The van der Waals surface area contributed by atoms with E-state index in [0.29, 0.717) is 11.3 Å². The molecule has 0 atom stereocenters. The third kappa shape index (κ3) is 2.18. The lowest BCUT2D eigenvalue weighted by atomic mass is 10.1. The highest BCUT2D eigenvalue weighted by molar-refractivity contribution is 5.85. The zero-order valence-electron chi connectivity index (χ0n) is 11.5. The predicted octanol–water partition coefficient (Wildman–Crippen LogP) is 3.15. The molecule has 0 spiro atoms. The Bertz CT molecular complexity index is 841. The second-order valence-corrected chi connectivity index (χ2v) is 4.58. The van der Waals surface area contributed by atoms with Gasteiger partial charge in [-0.25, -0.2) is 9.97 Å². The molecular formula is C14H12N4O3. The van der Waals surface area contributed by atoms with Gasteiger partial charge in [0.2, 0.25) is 5.82 Å². The number of nitrogens with zero attached hydrogens (tertiary/aromatic N) is 3. The summed E-state index contributed by atoms with van der Waals surface area (Å²) in [6, 6.07) is 7.45. The molecule has 2 aromatic heterocycles. The monoisotopic (exact) mass is 284 g/mol. The van der Waals surface area contributed by atoms with Gasteiger partial charge >= 0.3 is 5.69 Å². The lowest BCUT2D eigenvalue weighted by Gasteiger charge is -2.03. The predicted molar refractivity (Wildman–Crippen MR) is 78.2 cm³/mol. The van der Waals surface area contributed by atoms with E-state index in [9.17, 15) is 10.1 Å². The molecule has 0 aliphatic rings. The van der Waals surface area contributed by atoms with Crippen molar-refractivity contribution in [2.45, 2.75) is 6.92 Å². The number of fused-ring (bicyclic) bond motifs is 1. The van der Waals surface area contributed by atoms with Gasteiger partial charge in [-0.05, 0) is 25.1 Å². The first kappa shape index (κ1) is 13.0. The van der Waals surface area contributed by atoms with Crippen molar-refractivity contribution in [3.8, 4) is 11.5 Å². The Morgan fingerprint density at radius 3 is 2.81 bits per heavy atom. The highest BCUT2D eigenvalue weighted by Crippen LogP contribution is 2.35. The van der Waals surface area contributed by atoms with Crippen molar-refractivity contribution in [2.24, 2.45) is 0 Å². The maximum absolute atomic E-state index is 11.3. The fourth-order valence-corrected chi connectivity index (χ4v) is 2.19. The Balaban J connectivity index is 2.24. The first-order valence-corrected chi connectivity index (χ1v) is 6.28. The van der Waals surface area contributed by atoms with E-state index in [4.69, 9.17) is 4.42 Å². The van der Waals surface area contributed by atoms with E-state index in [-0.39, 0.29) is 17.2 Å². The van der Waals surface area contributed by atoms with Crippen molar-refractivity contribution >= 4 is 22.5 Å². The molecule has 21 heavy (non-hydrogen) atoms. The fraction of sp³-hybridized carbons (Fsp3) is 0.143. The van der Waals surface area contributed by atoms with Gasteiger partial charge in [0.15, 0.2) is 11.5 Å². The van der Waals surface area contributed by atoms with Gasteiger partial charge in [0.05, 0.1) is 4.92 Å². The number of rotatable bonds is 3. The molecule has 3 aromatic rings. The molecule has 0 saturated carbocycles. The minimum atomic E-state index is -0.514. The SMILES string of the molecule is CNc1ncnc(-c2cc3cc(C)ccc3o2)c1[N+](=O)[O-]. The molecule has 7 heteroatoms. The highest BCUT2D eigenvalue weighted by atomic mass is 16.6. The smallest absolute Gasteiger partial charge is 0.340 e. The van der Waals surface area contributed by atoms with Crippen LogP contribution in [0.4, 0.5) is 11.5 Å². The summed E-state index contributed by atoms with van der Waals surface area (Å²) in [4.78, 5) is 18.7. The standard InChI is InChI=1S/C14H12N4O3/c1-8-3-4-10-9(5-8)6-11(21-10)12-13(18(19)20)14(15-2)17-7-16-12/h3-7H,1-2H3,(H,15,16,17). The third-order valence-electron chi connectivity index (χ3n) is 3.15. The van der Waals surface area contributed by atoms with Crippen LogP contribution in [0.1, 0.15) is 5.56 Å². The lowest BCUT2D eigenvalue weighted by molar-refractivity contribution is -0.383. The molecule has 1 aromatic carbocycles. The highest BCUT2D eigenvalue weighted by Gasteiger charge is 2.25. The molecule has 0 radical (unpaired) electrons. The molecule has 0 aliphatic carbocycles. The van der Waals surface area contributed by atoms with Gasteiger partial charge in [0, 0.05) is 12.4 Å². The molecule has 2 heterocycles. The zero-order chi connectivity index (χ0) is 15.0. The maximum Gasteiger partial charge on any atom is 0.340 e. The van der Waals surface area contributed by atoms with Crippen LogP contribution in [0.15, 0.2) is 35.0 Å². The molecule has 0 bridgehead atoms. The first-order valence-electron chi connectivity index (χ1n) is 6.28. The largest absolute Gasteiger partial charge is 0.454 e. The Morgan fingerprint density at radius 2 is 2.10 bits per heavy atom. The fourth-order valence-electron chi connectivity index (χ4n) is 2.19. The number of furan rings is 1. The number of hydrogen-bond donors (Lipinski definition) is 1. The van der Waals surface area contributed by atoms with Crippen molar-refractivity contribution in [1.29, 1.82) is 0 Å². The van der Waals surface area contributed by atoms with Gasteiger partial charge in [-0.1, -0.05) is 11.6 Å². The summed E-state index contributed by atoms with van der Waals surface area (Å²) in [6.07, 6.45) is 1.27. The van der Waals surface area contributed by atoms with E-state index in [1.807, 2.05) is 25.1 Å². The Labute approximate surface area is 119 Å². The van der Waals surface area contributed by atoms with Crippen molar-refractivity contribution in [2.75, 3.05) is 12.4 Å². The van der Waals surface area contributed by atoms with E-state index >= 15 is 0 Å². The molecule has 0 amide bonds. The minimum absolute atomic E-state index is 0.154. The molecule has 0 saturated heterocycles. The van der Waals surface area contributed by atoms with E-state index in [1.54, 1.807) is 13.1 Å².